The van der Waals surface area contributed by atoms with Gasteiger partial charge in [-0.3, -0.25) is 0 Å². The van der Waals surface area contributed by atoms with E-state index in [1.807, 2.05) is 6.07 Å². The van der Waals surface area contributed by atoms with Crippen molar-refractivity contribution in [3.05, 3.63) is 23.8 Å². The zero-order chi connectivity index (χ0) is 14.4. The number of hydrogen-bond acceptors (Lipinski definition) is 3. The normalized spacial score (nSPS) is 14.3. The van der Waals surface area contributed by atoms with Gasteiger partial charge in [-0.05, 0) is 36.1 Å². The van der Waals surface area contributed by atoms with E-state index >= 15 is 0 Å². The third-order valence-electron chi connectivity index (χ3n) is 3.64. The average molecular weight is 265 g/mol. The number of nitrogens with one attached hydrogen (secondary N) is 1. The van der Waals surface area contributed by atoms with Crippen molar-refractivity contribution in [2.24, 2.45) is 5.92 Å². The summed E-state index contributed by atoms with van der Waals surface area (Å²) in [6.45, 7) is 9.90. The standard InChI is InChI=1S/C16H27NO2/c1-11(2)17-10-12(3)13(4)14-7-8-15(18-5)16(9-14)19-6/h7-9,11-13,17H,10H2,1-6H3. The Labute approximate surface area is 117 Å². The number of benzene rings is 1. The minimum atomic E-state index is 0.478. The van der Waals surface area contributed by atoms with E-state index in [0.717, 1.165) is 18.0 Å². The Bertz CT molecular complexity index is 390. The van der Waals surface area contributed by atoms with Crippen LogP contribution in [0.25, 0.3) is 0 Å². The van der Waals surface area contributed by atoms with Gasteiger partial charge in [-0.15, -0.1) is 0 Å². The summed E-state index contributed by atoms with van der Waals surface area (Å²) in [6.07, 6.45) is 0. The molecule has 2 atom stereocenters. The van der Waals surface area contributed by atoms with Crippen molar-refractivity contribution in [1.82, 2.24) is 5.32 Å². The van der Waals surface area contributed by atoms with Crippen molar-refractivity contribution >= 4 is 0 Å². The fourth-order valence-corrected chi connectivity index (χ4v) is 2.06. The Morgan fingerprint density at radius 2 is 1.63 bits per heavy atom. The van der Waals surface area contributed by atoms with E-state index in [2.05, 4.69) is 45.1 Å². The van der Waals surface area contributed by atoms with Crippen LogP contribution in [0.1, 0.15) is 39.2 Å². The number of ether oxygens (including phenoxy) is 2. The quantitative estimate of drug-likeness (QED) is 0.819. The molecule has 0 fully saturated rings. The second kappa shape index (κ2) is 7.39. The van der Waals surface area contributed by atoms with Crippen LogP contribution in [0.5, 0.6) is 11.5 Å². The van der Waals surface area contributed by atoms with Crippen molar-refractivity contribution in [3.8, 4) is 11.5 Å². The summed E-state index contributed by atoms with van der Waals surface area (Å²) < 4.78 is 10.6. The van der Waals surface area contributed by atoms with Crippen molar-refractivity contribution in [2.75, 3.05) is 20.8 Å². The first-order chi connectivity index (χ1) is 8.99. The van der Waals surface area contributed by atoms with Crippen LogP contribution < -0.4 is 14.8 Å². The summed E-state index contributed by atoms with van der Waals surface area (Å²) in [5.41, 5.74) is 1.29. The molecule has 108 valence electrons. The zero-order valence-electron chi connectivity index (χ0n) is 13.0. The summed E-state index contributed by atoms with van der Waals surface area (Å²) in [6, 6.07) is 6.71. The van der Waals surface area contributed by atoms with Crippen molar-refractivity contribution in [2.45, 2.75) is 39.7 Å². The molecule has 0 aliphatic rings. The maximum absolute atomic E-state index is 5.36. The van der Waals surface area contributed by atoms with Crippen LogP contribution in [-0.4, -0.2) is 26.8 Å². The van der Waals surface area contributed by atoms with Crippen LogP contribution in [0.2, 0.25) is 0 Å². The SMILES string of the molecule is COc1ccc(C(C)C(C)CNC(C)C)cc1OC. The predicted molar refractivity (Wildman–Crippen MR) is 80.3 cm³/mol. The van der Waals surface area contributed by atoms with Crippen LogP contribution in [0.3, 0.4) is 0 Å². The summed E-state index contributed by atoms with van der Waals surface area (Å²) in [5.74, 6) is 2.63. The maximum Gasteiger partial charge on any atom is 0.160 e. The van der Waals surface area contributed by atoms with Gasteiger partial charge in [-0.1, -0.05) is 33.8 Å². The lowest BCUT2D eigenvalue weighted by Gasteiger charge is -2.23. The molecule has 0 bridgehead atoms. The third kappa shape index (κ3) is 4.43. The van der Waals surface area contributed by atoms with E-state index in [0.29, 0.717) is 17.9 Å². The molecular weight excluding hydrogens is 238 g/mol. The number of methoxy groups -OCH3 is 2. The minimum absolute atomic E-state index is 0.478. The van der Waals surface area contributed by atoms with Gasteiger partial charge >= 0.3 is 0 Å². The van der Waals surface area contributed by atoms with E-state index in [-0.39, 0.29) is 0 Å². The summed E-state index contributed by atoms with van der Waals surface area (Å²) in [4.78, 5) is 0. The first-order valence-corrected chi connectivity index (χ1v) is 6.94. The lowest BCUT2D eigenvalue weighted by Crippen LogP contribution is -2.29. The smallest absolute Gasteiger partial charge is 0.160 e. The van der Waals surface area contributed by atoms with Crippen LogP contribution in [0, 0.1) is 5.92 Å². The van der Waals surface area contributed by atoms with Crippen LogP contribution in [0.15, 0.2) is 18.2 Å². The Morgan fingerprint density at radius 1 is 1.00 bits per heavy atom. The molecule has 0 aliphatic carbocycles. The maximum atomic E-state index is 5.36. The molecule has 3 nitrogen and oxygen atoms in total. The Balaban J connectivity index is 2.78. The Kier molecular flexibility index (Phi) is 6.16. The monoisotopic (exact) mass is 265 g/mol. The molecule has 19 heavy (non-hydrogen) atoms. The van der Waals surface area contributed by atoms with E-state index in [9.17, 15) is 0 Å². The lowest BCUT2D eigenvalue weighted by atomic mass is 9.88. The number of rotatable bonds is 7. The van der Waals surface area contributed by atoms with Crippen LogP contribution in [-0.2, 0) is 0 Å². The highest BCUT2D eigenvalue weighted by atomic mass is 16.5. The molecule has 0 radical (unpaired) electrons. The summed E-state index contributed by atoms with van der Waals surface area (Å²) in [5, 5.41) is 3.49. The second-order valence-electron chi connectivity index (χ2n) is 5.44. The lowest BCUT2D eigenvalue weighted by molar-refractivity contribution is 0.353. The molecule has 2 unspecified atom stereocenters. The van der Waals surface area contributed by atoms with Gasteiger partial charge in [0.2, 0.25) is 0 Å². The van der Waals surface area contributed by atoms with Gasteiger partial charge in [0.15, 0.2) is 11.5 Å². The molecule has 0 heterocycles. The van der Waals surface area contributed by atoms with Gasteiger partial charge < -0.3 is 14.8 Å². The van der Waals surface area contributed by atoms with E-state index < -0.39 is 0 Å². The van der Waals surface area contributed by atoms with Gasteiger partial charge in [0.05, 0.1) is 14.2 Å². The molecule has 1 aromatic carbocycles. The molecule has 1 N–H and O–H groups in total. The highest BCUT2D eigenvalue weighted by molar-refractivity contribution is 5.43. The van der Waals surface area contributed by atoms with Crippen LogP contribution >= 0.6 is 0 Å². The molecule has 0 amide bonds. The first kappa shape index (κ1) is 15.8. The van der Waals surface area contributed by atoms with Gasteiger partial charge in [0.25, 0.3) is 0 Å². The van der Waals surface area contributed by atoms with E-state index in [1.54, 1.807) is 14.2 Å². The molecule has 0 aromatic heterocycles. The summed E-state index contributed by atoms with van der Waals surface area (Å²) in [7, 11) is 3.34. The van der Waals surface area contributed by atoms with Gasteiger partial charge in [0.1, 0.15) is 0 Å². The minimum Gasteiger partial charge on any atom is -0.493 e. The topological polar surface area (TPSA) is 30.5 Å². The predicted octanol–water partition coefficient (Wildman–Crippen LogP) is 3.44. The van der Waals surface area contributed by atoms with Crippen molar-refractivity contribution in [3.63, 3.8) is 0 Å². The highest BCUT2D eigenvalue weighted by Crippen LogP contribution is 2.32. The van der Waals surface area contributed by atoms with Crippen LogP contribution in [0.4, 0.5) is 0 Å². The molecular formula is C16H27NO2. The molecule has 0 saturated carbocycles. The third-order valence-corrected chi connectivity index (χ3v) is 3.64. The highest BCUT2D eigenvalue weighted by Gasteiger charge is 2.16. The molecule has 1 aromatic rings. The number of hydrogen-bond donors (Lipinski definition) is 1. The molecule has 3 heteroatoms. The molecule has 0 spiro atoms. The van der Waals surface area contributed by atoms with E-state index in [1.165, 1.54) is 5.56 Å². The fraction of sp³-hybridized carbons (Fsp3) is 0.625. The Hall–Kier alpha value is -1.22. The van der Waals surface area contributed by atoms with Gasteiger partial charge in [-0.2, -0.15) is 0 Å². The second-order valence-corrected chi connectivity index (χ2v) is 5.44. The molecule has 0 saturated heterocycles. The summed E-state index contributed by atoms with van der Waals surface area (Å²) >= 11 is 0. The van der Waals surface area contributed by atoms with E-state index in [4.69, 9.17) is 9.47 Å². The van der Waals surface area contributed by atoms with Gasteiger partial charge in [0, 0.05) is 6.04 Å². The van der Waals surface area contributed by atoms with Gasteiger partial charge in [-0.25, -0.2) is 0 Å². The van der Waals surface area contributed by atoms with Crippen molar-refractivity contribution in [1.29, 1.82) is 0 Å². The fourth-order valence-electron chi connectivity index (χ4n) is 2.06. The molecule has 0 aliphatic heterocycles. The largest absolute Gasteiger partial charge is 0.493 e. The molecule has 1 rings (SSSR count). The Morgan fingerprint density at radius 3 is 2.16 bits per heavy atom. The van der Waals surface area contributed by atoms with Crippen molar-refractivity contribution < 1.29 is 9.47 Å². The average Bonchev–Trinajstić information content (AvgIpc) is 2.42. The first-order valence-electron chi connectivity index (χ1n) is 6.94. The zero-order valence-corrected chi connectivity index (χ0v) is 13.0.